The molecule has 9 heteroatoms. The van der Waals surface area contributed by atoms with Gasteiger partial charge in [0.1, 0.15) is 15.9 Å². The zero-order valence-corrected chi connectivity index (χ0v) is 15.0. The van der Waals surface area contributed by atoms with Gasteiger partial charge in [-0.1, -0.05) is 42.5 Å². The summed E-state index contributed by atoms with van der Waals surface area (Å²) in [4.78, 5) is 23.0. The monoisotopic (exact) mass is 368 g/mol. The molecule has 0 spiro atoms. The van der Waals surface area contributed by atoms with Gasteiger partial charge in [0.05, 0.1) is 13.7 Å². The lowest BCUT2D eigenvalue weighted by Gasteiger charge is -2.06. The topological polar surface area (TPSA) is 93.5 Å². The molecule has 2 N–H and O–H groups in total. The van der Waals surface area contributed by atoms with Crippen LogP contribution in [0.15, 0.2) is 41.2 Å². The molecule has 1 aromatic carbocycles. The van der Waals surface area contributed by atoms with Gasteiger partial charge in [-0.2, -0.15) is 0 Å². The van der Waals surface area contributed by atoms with E-state index in [4.69, 9.17) is 17.0 Å². The van der Waals surface area contributed by atoms with Gasteiger partial charge in [0.25, 0.3) is 0 Å². The third kappa shape index (κ3) is 2.72. The highest BCUT2D eigenvalue weighted by Crippen LogP contribution is 2.23. The predicted octanol–water partition coefficient (Wildman–Crippen LogP) is 2.24. The molecule has 0 aliphatic rings. The van der Waals surface area contributed by atoms with E-state index in [1.54, 1.807) is 29.5 Å². The number of rotatable bonds is 4. The minimum absolute atomic E-state index is 0.299. The van der Waals surface area contributed by atoms with Crippen molar-refractivity contribution in [3.8, 4) is 17.4 Å². The van der Waals surface area contributed by atoms with Crippen molar-refractivity contribution in [1.29, 1.82) is 0 Å². The first kappa shape index (κ1) is 16.3. The van der Waals surface area contributed by atoms with Gasteiger partial charge in [-0.25, -0.2) is 9.78 Å². The first-order valence-corrected chi connectivity index (χ1v) is 8.33. The molecule has 8 nitrogen and oxygen atoms in total. The van der Waals surface area contributed by atoms with Crippen LogP contribution >= 0.6 is 12.2 Å². The van der Waals surface area contributed by atoms with Crippen LogP contribution in [0.3, 0.4) is 0 Å². The molecule has 4 aromatic rings. The van der Waals surface area contributed by atoms with Gasteiger partial charge in [-0.3, -0.25) is 14.2 Å². The Kier molecular flexibility index (Phi) is 3.92. The normalized spacial score (nSPS) is 11.2. The van der Waals surface area contributed by atoms with Crippen molar-refractivity contribution in [2.24, 2.45) is 7.05 Å². The highest BCUT2D eigenvalue weighted by Gasteiger charge is 2.16. The molecule has 0 atom stereocenters. The molecule has 26 heavy (non-hydrogen) atoms. The van der Waals surface area contributed by atoms with Crippen LogP contribution in [0.25, 0.3) is 22.7 Å². The van der Waals surface area contributed by atoms with E-state index in [1.165, 1.54) is 0 Å². The van der Waals surface area contributed by atoms with Crippen LogP contribution in [0, 0.1) is 4.64 Å². The van der Waals surface area contributed by atoms with Gasteiger partial charge in [0.2, 0.25) is 5.88 Å². The standard InChI is InChI=1S/C17H16N6O2S/c1-22-11(8-12(21-22)25-2)14-18-13-15(19-14)23(17(24)20-16(13)26)9-10-6-4-3-5-7-10/h3-8H,9H2,1-2H3,(H,18,19)(H,20,24,26). The van der Waals surface area contributed by atoms with E-state index >= 15 is 0 Å². The largest absolute Gasteiger partial charge is 0.480 e. The number of aromatic nitrogens is 6. The average molecular weight is 368 g/mol. The van der Waals surface area contributed by atoms with Crippen LogP contribution < -0.4 is 10.4 Å². The molecule has 0 fully saturated rings. The predicted molar refractivity (Wildman–Crippen MR) is 99.8 cm³/mol. The third-order valence-electron chi connectivity index (χ3n) is 4.13. The maximum atomic E-state index is 12.5. The number of aryl methyl sites for hydroxylation is 1. The highest BCUT2D eigenvalue weighted by atomic mass is 32.1. The fourth-order valence-electron chi connectivity index (χ4n) is 2.84. The summed E-state index contributed by atoms with van der Waals surface area (Å²) in [5.74, 6) is 1.04. The van der Waals surface area contributed by atoms with Crippen molar-refractivity contribution in [2.75, 3.05) is 7.11 Å². The Labute approximate surface area is 153 Å². The average Bonchev–Trinajstić information content (AvgIpc) is 3.23. The number of fused-ring (bicyclic) bond motifs is 1. The number of H-pyrrole nitrogens is 2. The van der Waals surface area contributed by atoms with Crippen molar-refractivity contribution in [3.63, 3.8) is 0 Å². The molecule has 132 valence electrons. The van der Waals surface area contributed by atoms with Crippen LogP contribution in [-0.2, 0) is 13.6 Å². The Morgan fingerprint density at radius 2 is 2.00 bits per heavy atom. The zero-order chi connectivity index (χ0) is 18.3. The lowest BCUT2D eigenvalue weighted by molar-refractivity contribution is 0.392. The first-order valence-electron chi connectivity index (χ1n) is 7.92. The SMILES string of the molecule is COc1cc(-c2nc3c([nH]2)c(=S)[nH]c(=O)n3Cc2ccccc2)n(C)n1. The Hall–Kier alpha value is -3.20. The van der Waals surface area contributed by atoms with Gasteiger partial charge in [0, 0.05) is 13.1 Å². The number of benzene rings is 1. The summed E-state index contributed by atoms with van der Waals surface area (Å²) in [6.07, 6.45) is 0. The number of aromatic amines is 2. The lowest BCUT2D eigenvalue weighted by Crippen LogP contribution is -2.24. The fourth-order valence-corrected chi connectivity index (χ4v) is 3.07. The molecular formula is C17H16N6O2S. The molecule has 3 heterocycles. The van der Waals surface area contributed by atoms with Crippen LogP contribution in [0.2, 0.25) is 0 Å². The Bertz CT molecular complexity index is 1200. The van der Waals surface area contributed by atoms with E-state index in [-0.39, 0.29) is 5.69 Å². The second-order valence-corrected chi connectivity index (χ2v) is 6.22. The number of hydrogen-bond donors (Lipinski definition) is 2. The number of methoxy groups -OCH3 is 1. The fraction of sp³-hybridized carbons (Fsp3) is 0.176. The second kappa shape index (κ2) is 6.26. The van der Waals surface area contributed by atoms with E-state index < -0.39 is 0 Å². The highest BCUT2D eigenvalue weighted by molar-refractivity contribution is 7.71. The number of nitrogens with one attached hydrogen (secondary N) is 2. The molecule has 0 bridgehead atoms. The molecular weight excluding hydrogens is 352 g/mol. The van der Waals surface area contributed by atoms with Gasteiger partial charge in [-0.05, 0) is 5.56 Å². The smallest absolute Gasteiger partial charge is 0.328 e. The van der Waals surface area contributed by atoms with E-state index in [0.29, 0.717) is 34.1 Å². The summed E-state index contributed by atoms with van der Waals surface area (Å²) >= 11 is 5.30. The summed E-state index contributed by atoms with van der Waals surface area (Å²) in [6.45, 7) is 0.390. The third-order valence-corrected chi connectivity index (χ3v) is 4.43. The van der Waals surface area contributed by atoms with Gasteiger partial charge in [0.15, 0.2) is 11.5 Å². The Morgan fingerprint density at radius 1 is 1.23 bits per heavy atom. The molecule has 0 unspecified atom stereocenters. The summed E-state index contributed by atoms with van der Waals surface area (Å²) in [5, 5.41) is 4.24. The zero-order valence-electron chi connectivity index (χ0n) is 14.2. The molecule has 0 aliphatic carbocycles. The molecule has 0 aliphatic heterocycles. The summed E-state index contributed by atoms with van der Waals surface area (Å²) in [7, 11) is 3.35. The van der Waals surface area contributed by atoms with Crippen molar-refractivity contribution in [3.05, 3.63) is 57.1 Å². The van der Waals surface area contributed by atoms with Crippen LogP contribution in [0.5, 0.6) is 5.88 Å². The molecule has 3 aromatic heterocycles. The van der Waals surface area contributed by atoms with E-state index in [2.05, 4.69) is 20.1 Å². The van der Waals surface area contributed by atoms with Gasteiger partial charge in [-0.15, -0.1) is 5.10 Å². The molecule has 0 saturated carbocycles. The Balaban J connectivity index is 1.90. The molecule has 0 amide bonds. The summed E-state index contributed by atoms with van der Waals surface area (Å²) < 4.78 is 8.70. The van der Waals surface area contributed by atoms with E-state index in [1.807, 2.05) is 30.3 Å². The molecule has 0 saturated heterocycles. The minimum atomic E-state index is -0.299. The van der Waals surface area contributed by atoms with Crippen molar-refractivity contribution in [2.45, 2.75) is 6.54 Å². The summed E-state index contributed by atoms with van der Waals surface area (Å²) in [6, 6.07) is 11.5. The molecule has 4 rings (SSSR count). The maximum absolute atomic E-state index is 12.5. The minimum Gasteiger partial charge on any atom is -0.480 e. The van der Waals surface area contributed by atoms with Crippen LogP contribution in [0.1, 0.15) is 5.56 Å². The van der Waals surface area contributed by atoms with E-state index in [0.717, 1.165) is 11.3 Å². The van der Waals surface area contributed by atoms with Gasteiger partial charge < -0.3 is 9.72 Å². The quantitative estimate of drug-likeness (QED) is 0.539. The van der Waals surface area contributed by atoms with Crippen molar-refractivity contribution >= 4 is 23.4 Å². The maximum Gasteiger partial charge on any atom is 0.328 e. The molecule has 0 radical (unpaired) electrons. The first-order chi connectivity index (χ1) is 12.6. The number of hydrogen-bond acceptors (Lipinski definition) is 5. The lowest BCUT2D eigenvalue weighted by atomic mass is 10.2. The van der Waals surface area contributed by atoms with Gasteiger partial charge >= 0.3 is 5.69 Å². The van der Waals surface area contributed by atoms with Crippen LogP contribution in [0.4, 0.5) is 0 Å². The second-order valence-electron chi connectivity index (χ2n) is 5.81. The van der Waals surface area contributed by atoms with Crippen LogP contribution in [-0.4, -0.2) is 36.4 Å². The Morgan fingerprint density at radius 3 is 2.69 bits per heavy atom. The van der Waals surface area contributed by atoms with E-state index in [9.17, 15) is 4.79 Å². The number of ether oxygens (including phenoxy) is 1. The van der Waals surface area contributed by atoms with Crippen molar-refractivity contribution < 1.29 is 4.74 Å². The summed E-state index contributed by atoms with van der Waals surface area (Å²) in [5.41, 5.74) is 2.52. The number of nitrogens with zero attached hydrogens (tertiary/aromatic N) is 4. The van der Waals surface area contributed by atoms with Crippen molar-refractivity contribution in [1.82, 2.24) is 29.3 Å². The number of imidazole rings is 1.